The van der Waals surface area contributed by atoms with Gasteiger partial charge in [-0.15, -0.1) is 0 Å². The molecule has 3 aromatic carbocycles. The van der Waals surface area contributed by atoms with Crippen molar-refractivity contribution >= 4 is 46.5 Å². The predicted octanol–water partition coefficient (Wildman–Crippen LogP) is 7.07. The van der Waals surface area contributed by atoms with Gasteiger partial charge in [-0.2, -0.15) is 0 Å². The zero-order chi connectivity index (χ0) is 23.3. The van der Waals surface area contributed by atoms with Gasteiger partial charge >= 0.3 is 5.97 Å². The number of hydrogen-bond acceptors (Lipinski definition) is 4. The van der Waals surface area contributed by atoms with Crippen LogP contribution >= 0.6 is 34.8 Å². The SMILES string of the molecule is CCOc1cc(CNc2ccc(Cl)c(C(=O)O)c2)cc(Cl)c1OCc1c(F)cccc1Cl. The molecule has 0 bridgehead atoms. The molecule has 168 valence electrons. The average Bonchev–Trinajstić information content (AvgIpc) is 2.74. The number of carbonyl (C=O) groups is 1. The summed E-state index contributed by atoms with van der Waals surface area (Å²) in [7, 11) is 0. The van der Waals surface area contributed by atoms with Crippen LogP contribution in [0.2, 0.25) is 15.1 Å². The molecular weight excluding hydrogens is 480 g/mol. The Morgan fingerprint density at radius 1 is 1.03 bits per heavy atom. The van der Waals surface area contributed by atoms with Crippen molar-refractivity contribution in [3.63, 3.8) is 0 Å². The lowest BCUT2D eigenvalue weighted by atomic mass is 10.1. The molecule has 0 heterocycles. The molecule has 2 N–H and O–H groups in total. The highest BCUT2D eigenvalue weighted by molar-refractivity contribution is 6.33. The van der Waals surface area contributed by atoms with Crippen LogP contribution in [0.3, 0.4) is 0 Å². The number of nitrogens with one attached hydrogen (secondary N) is 1. The maximum atomic E-state index is 14.0. The zero-order valence-corrected chi connectivity index (χ0v) is 19.2. The monoisotopic (exact) mass is 497 g/mol. The Hall–Kier alpha value is -2.67. The molecule has 0 aliphatic rings. The van der Waals surface area contributed by atoms with Crippen LogP contribution < -0.4 is 14.8 Å². The topological polar surface area (TPSA) is 67.8 Å². The van der Waals surface area contributed by atoms with Gasteiger partial charge in [0.1, 0.15) is 12.4 Å². The summed E-state index contributed by atoms with van der Waals surface area (Å²) in [4.78, 5) is 11.3. The smallest absolute Gasteiger partial charge is 0.337 e. The molecule has 0 aromatic heterocycles. The van der Waals surface area contributed by atoms with Gasteiger partial charge in [0, 0.05) is 17.8 Å². The van der Waals surface area contributed by atoms with Crippen LogP contribution in [-0.2, 0) is 13.2 Å². The summed E-state index contributed by atoms with van der Waals surface area (Å²) in [6.45, 7) is 2.40. The maximum absolute atomic E-state index is 14.0. The Bertz CT molecular complexity index is 1120. The Morgan fingerprint density at radius 2 is 1.81 bits per heavy atom. The fraction of sp³-hybridized carbons (Fsp3) is 0.174. The summed E-state index contributed by atoms with van der Waals surface area (Å²) < 4.78 is 25.5. The Labute approximate surface area is 199 Å². The van der Waals surface area contributed by atoms with E-state index in [1.54, 1.807) is 24.3 Å². The minimum absolute atomic E-state index is 0.000238. The van der Waals surface area contributed by atoms with Gasteiger partial charge in [0.25, 0.3) is 0 Å². The summed E-state index contributed by atoms with van der Waals surface area (Å²) in [6.07, 6.45) is 0. The fourth-order valence-electron chi connectivity index (χ4n) is 2.94. The summed E-state index contributed by atoms with van der Waals surface area (Å²) in [5.74, 6) is -0.921. The van der Waals surface area contributed by atoms with E-state index < -0.39 is 11.8 Å². The molecular formula is C23H19Cl3FNO4. The molecule has 0 amide bonds. The van der Waals surface area contributed by atoms with Crippen LogP contribution in [0.5, 0.6) is 11.5 Å². The molecule has 5 nitrogen and oxygen atoms in total. The lowest BCUT2D eigenvalue weighted by Gasteiger charge is -2.16. The highest BCUT2D eigenvalue weighted by Crippen LogP contribution is 2.38. The summed E-state index contributed by atoms with van der Waals surface area (Å²) >= 11 is 18.4. The molecule has 0 atom stereocenters. The number of halogens is 4. The molecule has 3 aromatic rings. The van der Waals surface area contributed by atoms with Crippen molar-refractivity contribution in [2.45, 2.75) is 20.1 Å². The maximum Gasteiger partial charge on any atom is 0.337 e. The third-order valence-electron chi connectivity index (χ3n) is 4.49. The number of aromatic carboxylic acids is 1. The molecule has 0 saturated heterocycles. The van der Waals surface area contributed by atoms with E-state index >= 15 is 0 Å². The lowest BCUT2D eigenvalue weighted by molar-refractivity contribution is 0.0697. The van der Waals surface area contributed by atoms with Crippen LogP contribution in [0.25, 0.3) is 0 Å². The van der Waals surface area contributed by atoms with Crippen molar-refractivity contribution in [1.29, 1.82) is 0 Å². The van der Waals surface area contributed by atoms with Gasteiger partial charge in [-0.25, -0.2) is 9.18 Å². The van der Waals surface area contributed by atoms with Crippen LogP contribution in [-0.4, -0.2) is 17.7 Å². The van der Waals surface area contributed by atoms with Crippen molar-refractivity contribution in [2.75, 3.05) is 11.9 Å². The van der Waals surface area contributed by atoms with Gasteiger partial charge in [0.2, 0.25) is 0 Å². The second-order valence-corrected chi connectivity index (χ2v) is 7.90. The molecule has 9 heteroatoms. The largest absolute Gasteiger partial charge is 0.490 e. The average molecular weight is 499 g/mol. The first kappa shape index (κ1) is 24.0. The van der Waals surface area contributed by atoms with Gasteiger partial charge in [-0.1, -0.05) is 40.9 Å². The number of carboxylic acid groups (broad SMARTS) is 1. The number of benzene rings is 3. The molecule has 0 saturated carbocycles. The first-order valence-electron chi connectivity index (χ1n) is 9.57. The van der Waals surface area contributed by atoms with E-state index in [4.69, 9.17) is 44.3 Å². The first-order valence-corrected chi connectivity index (χ1v) is 10.7. The molecule has 3 rings (SSSR count). The third kappa shape index (κ3) is 5.76. The highest BCUT2D eigenvalue weighted by Gasteiger charge is 2.16. The van der Waals surface area contributed by atoms with Crippen molar-refractivity contribution < 1.29 is 23.8 Å². The van der Waals surface area contributed by atoms with Crippen molar-refractivity contribution in [3.05, 3.63) is 86.1 Å². The van der Waals surface area contributed by atoms with E-state index in [1.807, 2.05) is 6.92 Å². The van der Waals surface area contributed by atoms with E-state index in [2.05, 4.69) is 5.32 Å². The number of rotatable bonds is 9. The molecule has 0 fully saturated rings. The fourth-order valence-corrected chi connectivity index (χ4v) is 3.65. The van der Waals surface area contributed by atoms with E-state index in [1.165, 1.54) is 24.3 Å². The van der Waals surface area contributed by atoms with Crippen LogP contribution in [0.1, 0.15) is 28.4 Å². The van der Waals surface area contributed by atoms with Gasteiger partial charge in [-0.05, 0) is 55.0 Å². The predicted molar refractivity (Wildman–Crippen MR) is 124 cm³/mol. The normalized spacial score (nSPS) is 10.7. The minimum Gasteiger partial charge on any atom is -0.490 e. The Balaban J connectivity index is 1.79. The molecule has 0 spiro atoms. The number of carboxylic acids is 1. The Kier molecular flexibility index (Phi) is 8.07. The second kappa shape index (κ2) is 10.8. The number of ether oxygens (including phenoxy) is 2. The van der Waals surface area contributed by atoms with Gasteiger partial charge in [0.05, 0.1) is 27.2 Å². The summed E-state index contributed by atoms with van der Waals surface area (Å²) in [6, 6.07) is 12.5. The number of hydrogen-bond donors (Lipinski definition) is 2. The zero-order valence-electron chi connectivity index (χ0n) is 16.9. The summed E-state index contributed by atoms with van der Waals surface area (Å²) in [5.41, 5.74) is 1.56. The van der Waals surface area contributed by atoms with Crippen molar-refractivity contribution in [3.8, 4) is 11.5 Å². The van der Waals surface area contributed by atoms with E-state index in [0.717, 1.165) is 5.56 Å². The third-order valence-corrected chi connectivity index (χ3v) is 5.45. The first-order chi connectivity index (χ1) is 15.3. The quantitative estimate of drug-likeness (QED) is 0.330. The second-order valence-electron chi connectivity index (χ2n) is 6.68. The molecule has 0 unspecified atom stereocenters. The molecule has 0 radical (unpaired) electrons. The van der Waals surface area contributed by atoms with Crippen molar-refractivity contribution in [1.82, 2.24) is 0 Å². The molecule has 32 heavy (non-hydrogen) atoms. The molecule has 0 aliphatic carbocycles. The van der Waals surface area contributed by atoms with E-state index in [9.17, 15) is 14.3 Å². The van der Waals surface area contributed by atoms with Crippen LogP contribution in [0, 0.1) is 5.82 Å². The summed E-state index contributed by atoms with van der Waals surface area (Å²) in [5, 5.41) is 13.0. The van der Waals surface area contributed by atoms with Gasteiger partial charge in [-0.3, -0.25) is 0 Å². The van der Waals surface area contributed by atoms with Crippen molar-refractivity contribution in [2.24, 2.45) is 0 Å². The standard InChI is InChI=1S/C23H19Cl3FNO4/c1-2-31-21-9-13(11-28-14-6-7-18(25)15(10-14)23(29)30)8-19(26)22(21)32-12-16-17(24)4-3-5-20(16)27/h3-10,28H,2,11-12H2,1H3,(H,29,30). The Morgan fingerprint density at radius 3 is 2.50 bits per heavy atom. The van der Waals surface area contributed by atoms with Crippen LogP contribution in [0.4, 0.5) is 10.1 Å². The molecule has 0 aliphatic heterocycles. The van der Waals surface area contributed by atoms with Gasteiger partial charge < -0.3 is 19.9 Å². The van der Waals surface area contributed by atoms with Gasteiger partial charge in [0.15, 0.2) is 11.5 Å². The van der Waals surface area contributed by atoms with Crippen LogP contribution in [0.15, 0.2) is 48.5 Å². The minimum atomic E-state index is -1.11. The van der Waals surface area contributed by atoms with E-state index in [-0.39, 0.29) is 38.6 Å². The lowest BCUT2D eigenvalue weighted by Crippen LogP contribution is -2.05. The number of anilines is 1. The highest BCUT2D eigenvalue weighted by atomic mass is 35.5. The van der Waals surface area contributed by atoms with E-state index in [0.29, 0.717) is 24.6 Å².